The van der Waals surface area contributed by atoms with E-state index in [4.69, 9.17) is 5.11 Å². The Kier molecular flexibility index (Phi) is 4.09. The van der Waals surface area contributed by atoms with Gasteiger partial charge in [-0.3, -0.25) is 4.79 Å². The van der Waals surface area contributed by atoms with Crippen LogP contribution < -0.4 is 0 Å². The van der Waals surface area contributed by atoms with Gasteiger partial charge in [0, 0.05) is 25.7 Å². The first kappa shape index (κ1) is 13.2. The number of hydrogen-bond donors (Lipinski definition) is 1. The van der Waals surface area contributed by atoms with Crippen molar-refractivity contribution < 1.29 is 14.7 Å². The number of amides is 2. The highest BCUT2D eigenvalue weighted by molar-refractivity contribution is 5.80. The van der Waals surface area contributed by atoms with Gasteiger partial charge in [-0.15, -0.1) is 0 Å². The maximum absolute atomic E-state index is 12.3. The summed E-state index contributed by atoms with van der Waals surface area (Å²) in [5.41, 5.74) is 0. The van der Waals surface area contributed by atoms with Gasteiger partial charge >= 0.3 is 12.0 Å². The molecule has 2 rings (SSSR count). The summed E-state index contributed by atoms with van der Waals surface area (Å²) < 4.78 is 0. The molecule has 2 saturated heterocycles. The van der Waals surface area contributed by atoms with Crippen molar-refractivity contribution in [3.05, 3.63) is 0 Å². The second-order valence-corrected chi connectivity index (χ2v) is 5.35. The van der Waals surface area contributed by atoms with Gasteiger partial charge in [-0.25, -0.2) is 4.79 Å². The van der Waals surface area contributed by atoms with Gasteiger partial charge in [0.05, 0.1) is 5.92 Å². The number of carboxylic acids is 1. The third kappa shape index (κ3) is 2.60. The summed E-state index contributed by atoms with van der Waals surface area (Å²) in [5.74, 6) is -1.15. The summed E-state index contributed by atoms with van der Waals surface area (Å²) in [4.78, 5) is 26.7. The average molecular weight is 254 g/mol. The molecule has 0 radical (unpaired) electrons. The molecule has 2 amide bonds. The molecule has 0 aliphatic carbocycles. The van der Waals surface area contributed by atoms with Crippen LogP contribution in [0.25, 0.3) is 0 Å². The van der Waals surface area contributed by atoms with Crippen LogP contribution in [0.2, 0.25) is 0 Å². The quantitative estimate of drug-likeness (QED) is 0.835. The Bertz CT molecular complexity index is 324. The normalized spacial score (nSPS) is 24.8. The van der Waals surface area contributed by atoms with E-state index >= 15 is 0 Å². The molecule has 2 fully saturated rings. The van der Waals surface area contributed by atoms with E-state index < -0.39 is 5.97 Å². The molecule has 1 N–H and O–H groups in total. The van der Waals surface area contributed by atoms with Gasteiger partial charge in [0.1, 0.15) is 0 Å². The van der Waals surface area contributed by atoms with Gasteiger partial charge in [0.2, 0.25) is 0 Å². The Morgan fingerprint density at radius 2 is 2.00 bits per heavy atom. The first-order chi connectivity index (χ1) is 8.63. The van der Waals surface area contributed by atoms with E-state index in [0.717, 1.165) is 32.2 Å². The maximum atomic E-state index is 12.3. The van der Waals surface area contributed by atoms with Crippen LogP contribution in [0.3, 0.4) is 0 Å². The molecule has 0 aromatic carbocycles. The molecule has 18 heavy (non-hydrogen) atoms. The summed E-state index contributed by atoms with van der Waals surface area (Å²) in [6.45, 7) is 3.73. The predicted molar refractivity (Wildman–Crippen MR) is 67.3 cm³/mol. The highest BCUT2D eigenvalue weighted by Crippen LogP contribution is 2.25. The van der Waals surface area contributed by atoms with Crippen molar-refractivity contribution in [3.8, 4) is 0 Å². The zero-order valence-corrected chi connectivity index (χ0v) is 11.0. The third-order valence-corrected chi connectivity index (χ3v) is 4.00. The third-order valence-electron chi connectivity index (χ3n) is 4.00. The average Bonchev–Trinajstić information content (AvgIpc) is 2.27. The molecule has 1 unspecified atom stereocenters. The predicted octanol–water partition coefficient (Wildman–Crippen LogP) is 1.78. The van der Waals surface area contributed by atoms with Crippen molar-refractivity contribution in [3.63, 3.8) is 0 Å². The van der Waals surface area contributed by atoms with Crippen LogP contribution in [-0.4, -0.2) is 52.6 Å². The Labute approximate surface area is 108 Å². The number of aliphatic carboxylic acids is 1. The van der Waals surface area contributed by atoms with Gasteiger partial charge in [-0.1, -0.05) is 13.3 Å². The number of carbonyl (C=O) groups excluding carboxylic acids is 1. The van der Waals surface area contributed by atoms with Crippen LogP contribution in [0.5, 0.6) is 0 Å². The van der Waals surface area contributed by atoms with Gasteiger partial charge in [-0.2, -0.15) is 0 Å². The molecule has 5 heteroatoms. The summed E-state index contributed by atoms with van der Waals surface area (Å²) in [7, 11) is 0. The van der Waals surface area contributed by atoms with Crippen LogP contribution in [-0.2, 0) is 4.79 Å². The van der Waals surface area contributed by atoms with E-state index in [1.807, 2.05) is 4.90 Å². The minimum absolute atomic E-state index is 0.0469. The number of carbonyl (C=O) groups is 2. The van der Waals surface area contributed by atoms with Crippen LogP contribution in [0, 0.1) is 5.92 Å². The van der Waals surface area contributed by atoms with Crippen molar-refractivity contribution >= 4 is 12.0 Å². The van der Waals surface area contributed by atoms with Gasteiger partial charge in [0.25, 0.3) is 0 Å². The first-order valence-corrected chi connectivity index (χ1v) is 6.91. The highest BCUT2D eigenvalue weighted by atomic mass is 16.4. The molecule has 0 spiro atoms. The zero-order chi connectivity index (χ0) is 13.1. The minimum atomic E-state index is -0.789. The molecule has 2 aliphatic rings. The first-order valence-electron chi connectivity index (χ1n) is 6.91. The van der Waals surface area contributed by atoms with Gasteiger partial charge in [-0.05, 0) is 25.7 Å². The fourth-order valence-corrected chi connectivity index (χ4v) is 2.86. The van der Waals surface area contributed by atoms with Crippen LogP contribution in [0.1, 0.15) is 39.0 Å². The maximum Gasteiger partial charge on any atom is 0.320 e. The van der Waals surface area contributed by atoms with E-state index in [0.29, 0.717) is 19.1 Å². The molecule has 0 bridgehead atoms. The van der Waals surface area contributed by atoms with Crippen molar-refractivity contribution in [2.45, 2.75) is 45.1 Å². The second-order valence-electron chi connectivity index (χ2n) is 5.35. The van der Waals surface area contributed by atoms with E-state index in [2.05, 4.69) is 6.92 Å². The highest BCUT2D eigenvalue weighted by Gasteiger charge is 2.39. The lowest BCUT2D eigenvalue weighted by Crippen LogP contribution is -2.59. The topological polar surface area (TPSA) is 60.9 Å². The summed E-state index contributed by atoms with van der Waals surface area (Å²) in [6.07, 6.45) is 5.51. The van der Waals surface area contributed by atoms with Gasteiger partial charge in [0.15, 0.2) is 0 Å². The lowest BCUT2D eigenvalue weighted by Gasteiger charge is -2.44. The Morgan fingerprint density at radius 3 is 2.61 bits per heavy atom. The fourth-order valence-electron chi connectivity index (χ4n) is 2.86. The number of likely N-dealkylation sites (tertiary alicyclic amines) is 2. The number of urea groups is 1. The van der Waals surface area contributed by atoms with Crippen molar-refractivity contribution in [1.82, 2.24) is 9.80 Å². The second kappa shape index (κ2) is 5.59. The summed E-state index contributed by atoms with van der Waals surface area (Å²) in [5, 5.41) is 8.83. The van der Waals surface area contributed by atoms with Crippen LogP contribution in [0.4, 0.5) is 4.79 Å². The molecule has 0 aromatic heterocycles. The standard InChI is InChI=1S/C13H22N2O3/c1-2-5-11-6-3-4-7-15(11)13(18)14-8-10(9-14)12(16)17/h10-11H,2-9H2,1H3,(H,16,17). The monoisotopic (exact) mass is 254 g/mol. The SMILES string of the molecule is CCCC1CCCCN1C(=O)N1CC(C(=O)O)C1. The smallest absolute Gasteiger partial charge is 0.320 e. The molecule has 2 heterocycles. The Morgan fingerprint density at radius 1 is 1.28 bits per heavy atom. The van der Waals surface area contributed by atoms with Gasteiger partial charge < -0.3 is 14.9 Å². The lowest BCUT2D eigenvalue weighted by molar-refractivity contribution is -0.146. The van der Waals surface area contributed by atoms with E-state index in [1.54, 1.807) is 4.90 Å². The molecule has 102 valence electrons. The molecular weight excluding hydrogens is 232 g/mol. The molecular formula is C13H22N2O3. The number of piperidine rings is 1. The Balaban J connectivity index is 1.89. The number of nitrogens with zero attached hydrogens (tertiary/aromatic N) is 2. The van der Waals surface area contributed by atoms with Crippen LogP contribution >= 0.6 is 0 Å². The summed E-state index contributed by atoms with van der Waals surface area (Å²) >= 11 is 0. The van der Waals surface area contributed by atoms with E-state index in [1.165, 1.54) is 6.42 Å². The zero-order valence-electron chi connectivity index (χ0n) is 11.0. The largest absolute Gasteiger partial charge is 0.481 e. The number of hydrogen-bond acceptors (Lipinski definition) is 2. The fraction of sp³-hybridized carbons (Fsp3) is 0.846. The van der Waals surface area contributed by atoms with Crippen molar-refractivity contribution in [2.75, 3.05) is 19.6 Å². The van der Waals surface area contributed by atoms with Crippen molar-refractivity contribution in [2.24, 2.45) is 5.92 Å². The lowest BCUT2D eigenvalue weighted by atomic mass is 9.97. The van der Waals surface area contributed by atoms with Crippen LogP contribution in [0.15, 0.2) is 0 Å². The van der Waals surface area contributed by atoms with Crippen molar-refractivity contribution in [1.29, 1.82) is 0 Å². The summed E-state index contributed by atoms with van der Waals surface area (Å²) in [6, 6.07) is 0.408. The minimum Gasteiger partial charge on any atom is -0.481 e. The molecule has 0 saturated carbocycles. The molecule has 1 atom stereocenters. The van der Waals surface area contributed by atoms with E-state index in [-0.39, 0.29) is 11.9 Å². The molecule has 5 nitrogen and oxygen atoms in total. The number of rotatable bonds is 3. The molecule has 0 aromatic rings. The Hall–Kier alpha value is -1.26. The molecule has 2 aliphatic heterocycles. The number of carboxylic acid groups (broad SMARTS) is 1. The van der Waals surface area contributed by atoms with E-state index in [9.17, 15) is 9.59 Å².